The molecule has 0 aliphatic heterocycles. The second-order valence-electron chi connectivity index (χ2n) is 8.43. The Morgan fingerprint density at radius 1 is 1.05 bits per heavy atom. The molecule has 6 nitrogen and oxygen atoms in total. The number of anilines is 1. The quantitative estimate of drug-likeness (QED) is 0.200. The molecule has 0 saturated heterocycles. The molecule has 0 bridgehead atoms. The molecule has 0 aromatic heterocycles. The van der Waals surface area contributed by atoms with Crippen LogP contribution >= 0.6 is 0 Å². The first-order chi connectivity index (χ1) is 17.9. The van der Waals surface area contributed by atoms with Crippen LogP contribution in [-0.2, 0) is 17.8 Å². The first-order valence-electron chi connectivity index (χ1n) is 11.9. The van der Waals surface area contributed by atoms with Crippen LogP contribution in [0.3, 0.4) is 0 Å². The van der Waals surface area contributed by atoms with Crippen LogP contribution in [0.1, 0.15) is 40.3 Å². The number of carbonyl (C=O) groups is 1. The zero-order valence-electron chi connectivity index (χ0n) is 21.3. The summed E-state index contributed by atoms with van der Waals surface area (Å²) in [5.74, 6) is 0.519. The number of rotatable bonds is 10. The van der Waals surface area contributed by atoms with E-state index in [0.717, 1.165) is 22.3 Å². The van der Waals surface area contributed by atoms with Crippen molar-refractivity contribution in [1.29, 1.82) is 10.5 Å². The van der Waals surface area contributed by atoms with Crippen molar-refractivity contribution in [2.45, 2.75) is 33.8 Å². The molecule has 0 atom stereocenters. The predicted molar refractivity (Wildman–Crippen MR) is 145 cm³/mol. The number of hydrogen-bond acceptors (Lipinski definition) is 5. The van der Waals surface area contributed by atoms with Crippen LogP contribution < -0.4 is 14.8 Å². The minimum Gasteiger partial charge on any atom is -0.490 e. The lowest BCUT2D eigenvalue weighted by molar-refractivity contribution is -0.112. The molecule has 1 amide bonds. The van der Waals surface area contributed by atoms with E-state index in [9.17, 15) is 15.3 Å². The highest BCUT2D eigenvalue weighted by molar-refractivity contribution is 6.10. The van der Waals surface area contributed by atoms with Crippen LogP contribution in [0.5, 0.6) is 11.5 Å². The smallest absolute Gasteiger partial charge is 0.266 e. The Morgan fingerprint density at radius 2 is 1.84 bits per heavy atom. The van der Waals surface area contributed by atoms with Gasteiger partial charge < -0.3 is 14.8 Å². The standard InChI is InChI=1S/C31H29N3O3/c1-5-9-24-15-23(16-27(19-33)31(35)34-28-13-12-21(3)14-22(28)4)17-29(36-6-2)30(24)37-20-26-11-8-7-10-25(26)18-32/h5,7-8,10-17H,1,6,9,20H2,2-4H3,(H,34,35)/b27-16+. The van der Waals surface area contributed by atoms with Gasteiger partial charge in [0.25, 0.3) is 5.91 Å². The van der Waals surface area contributed by atoms with Crippen molar-refractivity contribution in [3.05, 3.63) is 106 Å². The number of nitriles is 2. The van der Waals surface area contributed by atoms with E-state index in [1.165, 1.54) is 6.08 Å². The van der Waals surface area contributed by atoms with Gasteiger partial charge in [0.15, 0.2) is 11.5 Å². The average molecular weight is 492 g/mol. The number of carbonyl (C=O) groups excluding carboxylic acids is 1. The Bertz CT molecular complexity index is 1420. The molecule has 0 heterocycles. The third-order valence-electron chi connectivity index (χ3n) is 5.63. The lowest BCUT2D eigenvalue weighted by Gasteiger charge is -2.17. The summed E-state index contributed by atoms with van der Waals surface area (Å²) >= 11 is 0. The van der Waals surface area contributed by atoms with Gasteiger partial charge in [-0.25, -0.2) is 0 Å². The third kappa shape index (κ3) is 6.87. The highest BCUT2D eigenvalue weighted by atomic mass is 16.5. The van der Waals surface area contributed by atoms with E-state index in [1.54, 1.807) is 24.3 Å². The lowest BCUT2D eigenvalue weighted by Crippen LogP contribution is -2.14. The van der Waals surface area contributed by atoms with Crippen LogP contribution in [0.25, 0.3) is 6.08 Å². The van der Waals surface area contributed by atoms with Gasteiger partial charge in [-0.05, 0) is 68.7 Å². The van der Waals surface area contributed by atoms with E-state index in [2.05, 4.69) is 18.0 Å². The SMILES string of the molecule is C=CCc1cc(/C=C(\C#N)C(=O)Nc2ccc(C)cc2C)cc(OCC)c1OCc1ccccc1C#N. The summed E-state index contributed by atoms with van der Waals surface area (Å²) < 4.78 is 12.0. The topological polar surface area (TPSA) is 95.1 Å². The van der Waals surface area contributed by atoms with E-state index >= 15 is 0 Å². The molecule has 37 heavy (non-hydrogen) atoms. The number of hydrogen-bond donors (Lipinski definition) is 1. The maximum Gasteiger partial charge on any atom is 0.266 e. The zero-order chi connectivity index (χ0) is 26.8. The Labute approximate surface area is 218 Å². The number of nitrogens with one attached hydrogen (secondary N) is 1. The molecule has 1 N–H and O–H groups in total. The van der Waals surface area contributed by atoms with Crippen molar-refractivity contribution < 1.29 is 14.3 Å². The van der Waals surface area contributed by atoms with Gasteiger partial charge >= 0.3 is 0 Å². The van der Waals surface area contributed by atoms with Crippen LogP contribution in [-0.4, -0.2) is 12.5 Å². The summed E-state index contributed by atoms with van der Waals surface area (Å²) in [4.78, 5) is 12.9. The molecule has 0 unspecified atom stereocenters. The molecule has 0 aliphatic carbocycles. The molecule has 186 valence electrons. The number of amides is 1. The molecule has 3 aromatic rings. The predicted octanol–water partition coefficient (Wildman–Crippen LogP) is 6.43. The number of ether oxygens (including phenoxy) is 2. The van der Waals surface area contributed by atoms with Gasteiger partial charge in [-0.1, -0.05) is 42.0 Å². The van der Waals surface area contributed by atoms with Gasteiger partial charge in [-0.3, -0.25) is 4.79 Å². The molecule has 0 saturated carbocycles. The normalized spacial score (nSPS) is 10.7. The summed E-state index contributed by atoms with van der Waals surface area (Å²) in [5.41, 5.74) is 5.32. The van der Waals surface area contributed by atoms with Gasteiger partial charge in [0, 0.05) is 16.8 Å². The fourth-order valence-corrected chi connectivity index (χ4v) is 3.86. The maximum absolute atomic E-state index is 12.9. The Kier molecular flexibility index (Phi) is 9.24. The fraction of sp³-hybridized carbons (Fsp3) is 0.194. The van der Waals surface area contributed by atoms with E-state index in [-0.39, 0.29) is 12.2 Å². The third-order valence-corrected chi connectivity index (χ3v) is 5.63. The van der Waals surface area contributed by atoms with Crippen molar-refractivity contribution in [3.63, 3.8) is 0 Å². The summed E-state index contributed by atoms with van der Waals surface area (Å²) in [6.07, 6.45) is 3.75. The van der Waals surface area contributed by atoms with Gasteiger partial charge in [0.2, 0.25) is 0 Å². The lowest BCUT2D eigenvalue weighted by atomic mass is 10.0. The molecular weight excluding hydrogens is 462 g/mol. The Balaban J connectivity index is 1.96. The van der Waals surface area contributed by atoms with E-state index in [0.29, 0.717) is 41.3 Å². The van der Waals surface area contributed by atoms with Crippen molar-refractivity contribution in [2.24, 2.45) is 0 Å². The van der Waals surface area contributed by atoms with Crippen LogP contribution in [0, 0.1) is 36.5 Å². The second kappa shape index (κ2) is 12.8. The van der Waals surface area contributed by atoms with Crippen LogP contribution in [0.15, 0.2) is 72.8 Å². The largest absolute Gasteiger partial charge is 0.490 e. The summed E-state index contributed by atoms with van der Waals surface area (Å²) in [5, 5.41) is 21.9. The molecule has 6 heteroatoms. The van der Waals surface area contributed by atoms with Crippen molar-refractivity contribution in [1.82, 2.24) is 0 Å². The Hall–Kier alpha value is -4.81. The summed E-state index contributed by atoms with van der Waals surface area (Å²) in [6, 6.07) is 20.7. The number of aryl methyl sites for hydroxylation is 2. The minimum atomic E-state index is -0.494. The molecule has 0 spiro atoms. The van der Waals surface area contributed by atoms with Crippen molar-refractivity contribution in [2.75, 3.05) is 11.9 Å². The summed E-state index contributed by atoms with van der Waals surface area (Å²) in [7, 11) is 0. The van der Waals surface area contributed by atoms with E-state index in [1.807, 2.05) is 63.2 Å². The van der Waals surface area contributed by atoms with Gasteiger partial charge in [-0.15, -0.1) is 6.58 Å². The molecular formula is C31H29N3O3. The molecule has 3 aromatic carbocycles. The molecule has 0 fully saturated rings. The van der Waals surface area contributed by atoms with Crippen molar-refractivity contribution >= 4 is 17.7 Å². The highest BCUT2D eigenvalue weighted by Gasteiger charge is 2.16. The van der Waals surface area contributed by atoms with E-state index < -0.39 is 5.91 Å². The Morgan fingerprint density at radius 3 is 2.51 bits per heavy atom. The van der Waals surface area contributed by atoms with Gasteiger partial charge in [-0.2, -0.15) is 10.5 Å². The molecule has 3 rings (SSSR count). The monoisotopic (exact) mass is 491 g/mol. The molecule has 0 aliphatic rings. The fourth-order valence-electron chi connectivity index (χ4n) is 3.86. The van der Waals surface area contributed by atoms with Crippen LogP contribution in [0.2, 0.25) is 0 Å². The number of allylic oxidation sites excluding steroid dienone is 1. The average Bonchev–Trinajstić information content (AvgIpc) is 2.89. The van der Waals surface area contributed by atoms with Crippen LogP contribution in [0.4, 0.5) is 5.69 Å². The number of benzene rings is 3. The van der Waals surface area contributed by atoms with Gasteiger partial charge in [0.05, 0.1) is 18.2 Å². The minimum absolute atomic E-state index is 0.0383. The highest BCUT2D eigenvalue weighted by Crippen LogP contribution is 2.35. The first kappa shape index (κ1) is 26.8. The number of nitrogens with zero attached hydrogens (tertiary/aromatic N) is 2. The molecule has 0 radical (unpaired) electrons. The zero-order valence-corrected chi connectivity index (χ0v) is 21.3. The van der Waals surface area contributed by atoms with Crippen molar-refractivity contribution in [3.8, 4) is 23.6 Å². The maximum atomic E-state index is 12.9. The first-order valence-corrected chi connectivity index (χ1v) is 11.9. The van der Waals surface area contributed by atoms with Gasteiger partial charge in [0.1, 0.15) is 18.2 Å². The second-order valence-corrected chi connectivity index (χ2v) is 8.43. The van der Waals surface area contributed by atoms with E-state index in [4.69, 9.17) is 9.47 Å². The summed E-state index contributed by atoms with van der Waals surface area (Å²) in [6.45, 7) is 10.2.